The predicted octanol–water partition coefficient (Wildman–Crippen LogP) is 1.13. The molecular weight excluding hydrogens is 252 g/mol. The number of benzene rings is 1. The molecule has 5 heteroatoms. The number of rotatable bonds is 4. The summed E-state index contributed by atoms with van der Waals surface area (Å²) in [6.45, 7) is 6.96. The van der Waals surface area contributed by atoms with E-state index in [2.05, 4.69) is 23.2 Å². The topological polar surface area (TPSA) is 59.4 Å². The number of hydrogen-bond acceptors (Lipinski definition) is 4. The van der Waals surface area contributed by atoms with Crippen LogP contribution < -0.4 is 5.32 Å². The van der Waals surface area contributed by atoms with Crippen LogP contribution in [0.1, 0.15) is 12.5 Å². The van der Waals surface area contributed by atoms with Crippen molar-refractivity contribution in [3.8, 4) is 6.07 Å². The van der Waals surface area contributed by atoms with Gasteiger partial charge in [-0.25, -0.2) is 0 Å². The number of anilines is 1. The first-order chi connectivity index (χ1) is 9.72. The van der Waals surface area contributed by atoms with Crippen LogP contribution in [-0.2, 0) is 4.79 Å². The minimum atomic E-state index is 0.114. The quantitative estimate of drug-likeness (QED) is 0.893. The Morgan fingerprint density at radius 3 is 2.75 bits per heavy atom. The van der Waals surface area contributed by atoms with Crippen molar-refractivity contribution in [2.24, 2.45) is 0 Å². The van der Waals surface area contributed by atoms with E-state index in [1.807, 2.05) is 17.0 Å². The summed E-state index contributed by atoms with van der Waals surface area (Å²) < 4.78 is 0. The van der Waals surface area contributed by atoms with Crippen molar-refractivity contribution in [1.82, 2.24) is 9.80 Å². The first-order valence-electron chi connectivity index (χ1n) is 6.97. The summed E-state index contributed by atoms with van der Waals surface area (Å²) in [4.78, 5) is 16.3. The Kier molecular flexibility index (Phi) is 4.97. The van der Waals surface area contributed by atoms with E-state index in [1.165, 1.54) is 0 Å². The molecule has 2 rings (SSSR count). The Bertz CT molecular complexity index is 501. The zero-order valence-electron chi connectivity index (χ0n) is 11.8. The SMILES string of the molecule is CCN1CCN(C(=O)CNc2cccc(C#N)c2)CC1. The normalized spacial score (nSPS) is 15.7. The third-order valence-electron chi connectivity index (χ3n) is 3.61. The fourth-order valence-corrected chi connectivity index (χ4v) is 2.30. The first-order valence-corrected chi connectivity index (χ1v) is 6.97. The van der Waals surface area contributed by atoms with Gasteiger partial charge in [-0.2, -0.15) is 5.26 Å². The average Bonchev–Trinajstić information content (AvgIpc) is 2.53. The minimum Gasteiger partial charge on any atom is -0.376 e. The molecule has 1 aromatic rings. The fourth-order valence-electron chi connectivity index (χ4n) is 2.30. The molecule has 0 aliphatic carbocycles. The number of piperazine rings is 1. The van der Waals surface area contributed by atoms with E-state index in [1.54, 1.807) is 12.1 Å². The molecule has 1 saturated heterocycles. The van der Waals surface area contributed by atoms with Crippen molar-refractivity contribution < 1.29 is 4.79 Å². The van der Waals surface area contributed by atoms with Crippen LogP contribution in [0.15, 0.2) is 24.3 Å². The number of nitrogens with zero attached hydrogens (tertiary/aromatic N) is 3. The van der Waals surface area contributed by atoms with Gasteiger partial charge in [-0.05, 0) is 24.7 Å². The zero-order chi connectivity index (χ0) is 14.4. The summed E-state index contributed by atoms with van der Waals surface area (Å²) in [7, 11) is 0. The number of carbonyl (C=O) groups excluding carboxylic acids is 1. The smallest absolute Gasteiger partial charge is 0.241 e. The summed E-state index contributed by atoms with van der Waals surface area (Å²) in [5.41, 5.74) is 1.41. The largest absolute Gasteiger partial charge is 0.376 e. The van der Waals surface area contributed by atoms with Crippen LogP contribution >= 0.6 is 0 Å². The van der Waals surface area contributed by atoms with Crippen molar-refractivity contribution >= 4 is 11.6 Å². The molecule has 5 nitrogen and oxygen atoms in total. The summed E-state index contributed by atoms with van der Waals surface area (Å²) in [6.07, 6.45) is 0. The van der Waals surface area contributed by atoms with Crippen LogP contribution in [-0.4, -0.2) is 55.0 Å². The molecule has 1 heterocycles. The highest BCUT2D eigenvalue weighted by Gasteiger charge is 2.19. The highest BCUT2D eigenvalue weighted by Crippen LogP contribution is 2.10. The lowest BCUT2D eigenvalue weighted by molar-refractivity contribution is -0.131. The Balaban J connectivity index is 1.82. The van der Waals surface area contributed by atoms with E-state index in [9.17, 15) is 4.79 Å². The second-order valence-electron chi connectivity index (χ2n) is 4.86. The molecule has 1 aromatic carbocycles. The molecule has 1 fully saturated rings. The van der Waals surface area contributed by atoms with E-state index < -0.39 is 0 Å². The third kappa shape index (κ3) is 3.72. The van der Waals surface area contributed by atoms with E-state index in [0.717, 1.165) is 38.4 Å². The lowest BCUT2D eigenvalue weighted by Gasteiger charge is -2.34. The molecule has 1 amide bonds. The van der Waals surface area contributed by atoms with Gasteiger partial charge in [-0.1, -0.05) is 13.0 Å². The molecule has 20 heavy (non-hydrogen) atoms. The highest BCUT2D eigenvalue weighted by atomic mass is 16.2. The Hall–Kier alpha value is -2.06. The van der Waals surface area contributed by atoms with Crippen LogP contribution in [0.5, 0.6) is 0 Å². The Morgan fingerprint density at radius 2 is 2.10 bits per heavy atom. The van der Waals surface area contributed by atoms with Gasteiger partial charge < -0.3 is 15.1 Å². The molecule has 0 unspecified atom stereocenters. The molecule has 1 aliphatic heterocycles. The van der Waals surface area contributed by atoms with Gasteiger partial charge in [-0.3, -0.25) is 4.79 Å². The van der Waals surface area contributed by atoms with Gasteiger partial charge in [0.1, 0.15) is 0 Å². The van der Waals surface area contributed by atoms with E-state index in [-0.39, 0.29) is 12.5 Å². The fraction of sp³-hybridized carbons (Fsp3) is 0.467. The Morgan fingerprint density at radius 1 is 1.35 bits per heavy atom. The van der Waals surface area contributed by atoms with Gasteiger partial charge in [0.25, 0.3) is 0 Å². The number of amides is 1. The molecule has 0 atom stereocenters. The predicted molar refractivity (Wildman–Crippen MR) is 78.3 cm³/mol. The molecule has 0 saturated carbocycles. The average molecular weight is 272 g/mol. The number of nitriles is 1. The number of nitrogens with one attached hydrogen (secondary N) is 1. The number of likely N-dealkylation sites (N-methyl/N-ethyl adjacent to an activating group) is 1. The van der Waals surface area contributed by atoms with E-state index >= 15 is 0 Å². The van der Waals surface area contributed by atoms with Gasteiger partial charge in [-0.15, -0.1) is 0 Å². The van der Waals surface area contributed by atoms with E-state index in [4.69, 9.17) is 5.26 Å². The second kappa shape index (κ2) is 6.92. The van der Waals surface area contributed by atoms with Crippen molar-refractivity contribution in [3.63, 3.8) is 0 Å². The van der Waals surface area contributed by atoms with Crippen molar-refractivity contribution in [3.05, 3.63) is 29.8 Å². The third-order valence-corrected chi connectivity index (χ3v) is 3.61. The monoisotopic (exact) mass is 272 g/mol. The van der Waals surface area contributed by atoms with Gasteiger partial charge in [0, 0.05) is 31.9 Å². The van der Waals surface area contributed by atoms with Gasteiger partial charge in [0.05, 0.1) is 18.2 Å². The maximum atomic E-state index is 12.1. The zero-order valence-corrected chi connectivity index (χ0v) is 11.8. The summed E-state index contributed by atoms with van der Waals surface area (Å²) in [5.74, 6) is 0.114. The second-order valence-corrected chi connectivity index (χ2v) is 4.86. The van der Waals surface area contributed by atoms with Crippen molar-refractivity contribution in [2.45, 2.75) is 6.92 Å². The van der Waals surface area contributed by atoms with Crippen molar-refractivity contribution in [1.29, 1.82) is 5.26 Å². The molecule has 1 N–H and O–H groups in total. The summed E-state index contributed by atoms with van der Waals surface area (Å²) >= 11 is 0. The summed E-state index contributed by atoms with van der Waals surface area (Å²) in [6, 6.07) is 9.26. The molecule has 0 spiro atoms. The van der Waals surface area contributed by atoms with Crippen molar-refractivity contribution in [2.75, 3.05) is 44.6 Å². The minimum absolute atomic E-state index is 0.114. The molecule has 1 aliphatic rings. The molecule has 0 bridgehead atoms. The lowest BCUT2D eigenvalue weighted by atomic mass is 10.2. The summed E-state index contributed by atoms with van der Waals surface area (Å²) in [5, 5.41) is 11.9. The number of carbonyl (C=O) groups is 1. The van der Waals surface area contributed by atoms with Gasteiger partial charge in [0.2, 0.25) is 5.91 Å². The highest BCUT2D eigenvalue weighted by molar-refractivity contribution is 5.81. The van der Waals surface area contributed by atoms with E-state index in [0.29, 0.717) is 5.56 Å². The van der Waals surface area contributed by atoms with Gasteiger partial charge in [0.15, 0.2) is 0 Å². The van der Waals surface area contributed by atoms with Crippen LogP contribution in [0.2, 0.25) is 0 Å². The van der Waals surface area contributed by atoms with Crippen LogP contribution in [0.4, 0.5) is 5.69 Å². The molecule has 106 valence electrons. The maximum Gasteiger partial charge on any atom is 0.241 e. The lowest BCUT2D eigenvalue weighted by Crippen LogP contribution is -2.49. The van der Waals surface area contributed by atoms with Crippen LogP contribution in [0, 0.1) is 11.3 Å². The van der Waals surface area contributed by atoms with Gasteiger partial charge >= 0.3 is 0 Å². The van der Waals surface area contributed by atoms with Crippen LogP contribution in [0.3, 0.4) is 0 Å². The number of hydrogen-bond donors (Lipinski definition) is 1. The molecular formula is C15H20N4O. The maximum absolute atomic E-state index is 12.1. The van der Waals surface area contributed by atoms with Crippen LogP contribution in [0.25, 0.3) is 0 Å². The Labute approximate surface area is 119 Å². The standard InChI is InChI=1S/C15H20N4O/c1-2-18-6-8-19(9-7-18)15(20)12-17-14-5-3-4-13(10-14)11-16/h3-5,10,17H,2,6-9,12H2,1H3. The molecule has 0 radical (unpaired) electrons. The molecule has 0 aromatic heterocycles. The first kappa shape index (κ1) is 14.4.